The Bertz CT molecular complexity index is 1380. The van der Waals surface area contributed by atoms with Crippen LogP contribution in [0.3, 0.4) is 0 Å². The molecule has 4 heteroatoms. The van der Waals surface area contributed by atoms with Crippen LogP contribution in [0.4, 0.5) is 0 Å². The molecule has 4 aromatic carbocycles. The van der Waals surface area contributed by atoms with E-state index >= 15 is 0 Å². The summed E-state index contributed by atoms with van der Waals surface area (Å²) in [6.45, 7) is 0. The third kappa shape index (κ3) is 4.07. The van der Waals surface area contributed by atoms with Gasteiger partial charge in [0.25, 0.3) is 11.8 Å². The summed E-state index contributed by atoms with van der Waals surface area (Å²) in [6, 6.07) is 26.8. The number of nitrogens with zero attached hydrogens (tertiary/aromatic N) is 2. The van der Waals surface area contributed by atoms with Gasteiger partial charge in [0.2, 0.25) is 0 Å². The van der Waals surface area contributed by atoms with Gasteiger partial charge in [0.15, 0.2) is 0 Å². The number of rotatable bonds is 2. The van der Waals surface area contributed by atoms with Crippen molar-refractivity contribution in [3.8, 4) is 0 Å². The molecule has 0 radical (unpaired) electrons. The van der Waals surface area contributed by atoms with E-state index in [2.05, 4.69) is 9.98 Å². The van der Waals surface area contributed by atoms with Crippen LogP contribution >= 0.6 is 0 Å². The van der Waals surface area contributed by atoms with Crippen molar-refractivity contribution >= 4 is 44.8 Å². The van der Waals surface area contributed by atoms with Gasteiger partial charge in [0.05, 0.1) is 11.4 Å². The van der Waals surface area contributed by atoms with Crippen LogP contribution in [0.15, 0.2) is 119 Å². The summed E-state index contributed by atoms with van der Waals surface area (Å²) in [5.41, 5.74) is 2.09. The molecule has 4 nitrogen and oxygen atoms in total. The van der Waals surface area contributed by atoms with E-state index < -0.39 is 0 Å². The normalized spacial score (nSPS) is 12.9. The van der Waals surface area contributed by atoms with Crippen molar-refractivity contribution in [3.63, 3.8) is 0 Å². The number of carbonyl (C=O) groups excluding carboxylic acids is 2. The molecule has 0 saturated heterocycles. The van der Waals surface area contributed by atoms with Crippen LogP contribution in [0.1, 0.15) is 20.7 Å². The highest BCUT2D eigenvalue weighted by molar-refractivity contribution is 6.23. The van der Waals surface area contributed by atoms with Gasteiger partial charge in [0.1, 0.15) is 0 Å². The van der Waals surface area contributed by atoms with Gasteiger partial charge in [-0.2, -0.15) is 0 Å². The molecule has 0 aromatic heterocycles. The number of aliphatic imine (C=N–C) groups is 2. The second-order valence-electron chi connectivity index (χ2n) is 7.47. The summed E-state index contributed by atoms with van der Waals surface area (Å²) in [4.78, 5) is 33.5. The molecule has 0 fully saturated rings. The fourth-order valence-electron chi connectivity index (χ4n) is 3.61. The van der Waals surface area contributed by atoms with Crippen molar-refractivity contribution < 1.29 is 9.59 Å². The van der Waals surface area contributed by atoms with Crippen molar-refractivity contribution in [2.24, 2.45) is 9.98 Å². The minimum Gasteiger partial charge on any atom is -0.267 e. The van der Waals surface area contributed by atoms with E-state index in [1.54, 1.807) is 36.4 Å². The Morgan fingerprint density at radius 2 is 0.844 bits per heavy atom. The molecule has 1 aliphatic carbocycles. The molecular weight excluding hydrogens is 396 g/mol. The third-order valence-electron chi connectivity index (χ3n) is 5.30. The van der Waals surface area contributed by atoms with Crippen molar-refractivity contribution in [1.29, 1.82) is 0 Å². The van der Waals surface area contributed by atoms with Crippen LogP contribution in [0.25, 0.3) is 21.5 Å². The van der Waals surface area contributed by atoms with Gasteiger partial charge < -0.3 is 0 Å². The highest BCUT2D eigenvalue weighted by Gasteiger charge is 2.09. The Kier molecular flexibility index (Phi) is 5.10. The number of amides is 2. The predicted molar refractivity (Wildman–Crippen MR) is 130 cm³/mol. The topological polar surface area (TPSA) is 58.9 Å². The van der Waals surface area contributed by atoms with Crippen LogP contribution in [0.5, 0.6) is 0 Å². The maximum absolute atomic E-state index is 12.6. The lowest BCUT2D eigenvalue weighted by Crippen LogP contribution is -2.06. The highest BCUT2D eigenvalue weighted by Crippen LogP contribution is 2.18. The number of carbonyl (C=O) groups is 2. The van der Waals surface area contributed by atoms with E-state index in [0.717, 1.165) is 21.5 Å². The molecule has 0 N–H and O–H groups in total. The fourth-order valence-corrected chi connectivity index (χ4v) is 3.61. The molecule has 152 valence electrons. The largest absolute Gasteiger partial charge is 0.277 e. The van der Waals surface area contributed by atoms with Gasteiger partial charge in [-0.1, -0.05) is 60.7 Å². The molecular formula is C28H18N2O2. The molecule has 0 unspecified atom stereocenters. The molecule has 0 spiro atoms. The van der Waals surface area contributed by atoms with Crippen molar-refractivity contribution in [3.05, 3.63) is 120 Å². The minimum absolute atomic E-state index is 0.312. The molecule has 0 saturated carbocycles. The second kappa shape index (κ2) is 8.36. The maximum atomic E-state index is 12.6. The summed E-state index contributed by atoms with van der Waals surface area (Å²) in [7, 11) is 0. The van der Waals surface area contributed by atoms with Crippen LogP contribution in [-0.4, -0.2) is 23.2 Å². The Balaban J connectivity index is 1.32. The van der Waals surface area contributed by atoms with Crippen molar-refractivity contribution in [2.75, 3.05) is 0 Å². The zero-order valence-electron chi connectivity index (χ0n) is 17.1. The molecule has 5 rings (SSSR count). The highest BCUT2D eigenvalue weighted by atomic mass is 16.1. The lowest BCUT2D eigenvalue weighted by molar-refractivity contribution is 0.0994. The van der Waals surface area contributed by atoms with Gasteiger partial charge >= 0.3 is 0 Å². The molecule has 32 heavy (non-hydrogen) atoms. The monoisotopic (exact) mass is 414 g/mol. The van der Waals surface area contributed by atoms with Crippen molar-refractivity contribution in [2.45, 2.75) is 0 Å². The first-order valence-electron chi connectivity index (χ1n) is 10.3. The van der Waals surface area contributed by atoms with E-state index in [9.17, 15) is 9.59 Å². The number of benzene rings is 4. The Morgan fingerprint density at radius 3 is 1.25 bits per heavy atom. The van der Waals surface area contributed by atoms with Gasteiger partial charge in [-0.25, -0.2) is 9.98 Å². The van der Waals surface area contributed by atoms with Crippen molar-refractivity contribution in [1.82, 2.24) is 0 Å². The summed E-state index contributed by atoms with van der Waals surface area (Å²) < 4.78 is 0. The Hall–Kier alpha value is -4.44. The minimum atomic E-state index is -0.312. The molecule has 4 aromatic rings. The summed E-state index contributed by atoms with van der Waals surface area (Å²) in [5.74, 6) is -0.625. The summed E-state index contributed by atoms with van der Waals surface area (Å²) >= 11 is 0. The molecule has 2 amide bonds. The Morgan fingerprint density at radius 1 is 0.469 bits per heavy atom. The average molecular weight is 414 g/mol. The van der Waals surface area contributed by atoms with E-state index in [4.69, 9.17) is 0 Å². The smallest absolute Gasteiger partial charge is 0.267 e. The van der Waals surface area contributed by atoms with Gasteiger partial charge in [-0.3, -0.25) is 9.59 Å². The molecule has 0 heterocycles. The van der Waals surface area contributed by atoms with Crippen LogP contribution in [-0.2, 0) is 0 Å². The van der Waals surface area contributed by atoms with Crippen LogP contribution in [0, 0.1) is 0 Å². The lowest BCUT2D eigenvalue weighted by atomic mass is 10.1. The number of hydrogen-bond acceptors (Lipinski definition) is 2. The number of hydrogen-bond donors (Lipinski definition) is 0. The van der Waals surface area contributed by atoms with Gasteiger partial charge in [-0.05, 0) is 70.1 Å². The quantitative estimate of drug-likeness (QED) is 0.379. The Labute approximate surface area is 185 Å². The van der Waals surface area contributed by atoms with Gasteiger partial charge in [0, 0.05) is 11.1 Å². The number of allylic oxidation sites excluding steroid dienone is 4. The van der Waals surface area contributed by atoms with E-state index in [0.29, 0.717) is 22.6 Å². The third-order valence-corrected chi connectivity index (χ3v) is 5.30. The first-order valence-corrected chi connectivity index (χ1v) is 10.3. The zero-order valence-corrected chi connectivity index (χ0v) is 17.1. The summed E-state index contributed by atoms with van der Waals surface area (Å²) in [6.07, 6.45) is 6.74. The molecule has 1 aliphatic rings. The molecule has 0 atom stereocenters. The van der Waals surface area contributed by atoms with E-state index in [1.165, 1.54) is 0 Å². The predicted octanol–water partition coefficient (Wildman–Crippen LogP) is 5.98. The summed E-state index contributed by atoms with van der Waals surface area (Å²) in [5, 5.41) is 4.14. The van der Waals surface area contributed by atoms with E-state index in [-0.39, 0.29) is 11.8 Å². The first-order chi connectivity index (χ1) is 15.7. The lowest BCUT2D eigenvalue weighted by Gasteiger charge is -2.04. The van der Waals surface area contributed by atoms with E-state index in [1.807, 2.05) is 72.8 Å². The number of fused-ring (bicyclic) bond motifs is 2. The van der Waals surface area contributed by atoms with Crippen LogP contribution in [0.2, 0.25) is 0 Å². The average Bonchev–Trinajstić information content (AvgIpc) is 2.84. The van der Waals surface area contributed by atoms with Crippen LogP contribution < -0.4 is 0 Å². The second-order valence-corrected chi connectivity index (χ2v) is 7.47. The fraction of sp³-hybridized carbons (Fsp3) is 0. The maximum Gasteiger partial charge on any atom is 0.277 e. The molecule has 0 bridgehead atoms. The standard InChI is InChI=1S/C28H18N2O2/c31-27(23-11-9-19-5-1-3-7-21(19)17-23)29-25-13-15-26(16-14-25)30-28(32)24-12-10-20-6-2-4-8-22(20)18-24/h1-18H. The first kappa shape index (κ1) is 19.5. The SMILES string of the molecule is O=C(N=C1C=CC(=NC(=O)c2ccc3ccccc3c2)C=C1)c1ccc2ccccc2c1. The molecule has 0 aliphatic heterocycles. The zero-order chi connectivity index (χ0) is 21.9. The van der Waals surface area contributed by atoms with Gasteiger partial charge in [-0.15, -0.1) is 0 Å².